The van der Waals surface area contributed by atoms with Crippen LogP contribution in [-0.4, -0.2) is 47.0 Å². The standard InChI is InChI=1S/C20H27N5O/c1-4-5-19(26)25-12-10-24(11-13-25)18-14-16(3)21-20(23-18)22-17-8-6-15(2)7-9-17/h6-9,14H,4-5,10-13H2,1-3H3,(H,21,22,23). The number of hydrogen-bond acceptors (Lipinski definition) is 5. The highest BCUT2D eigenvalue weighted by molar-refractivity contribution is 5.76. The molecule has 1 saturated heterocycles. The molecule has 1 aliphatic rings. The van der Waals surface area contributed by atoms with Crippen LogP contribution in [0.3, 0.4) is 0 Å². The summed E-state index contributed by atoms with van der Waals surface area (Å²) in [6.45, 7) is 9.19. The smallest absolute Gasteiger partial charge is 0.229 e. The Morgan fingerprint density at radius 2 is 1.77 bits per heavy atom. The molecule has 3 rings (SSSR count). The minimum Gasteiger partial charge on any atom is -0.353 e. The van der Waals surface area contributed by atoms with Gasteiger partial charge in [0.05, 0.1) is 0 Å². The van der Waals surface area contributed by atoms with Gasteiger partial charge in [-0.05, 0) is 32.4 Å². The first-order valence-corrected chi connectivity index (χ1v) is 9.27. The Kier molecular flexibility index (Phi) is 5.71. The highest BCUT2D eigenvalue weighted by Gasteiger charge is 2.21. The molecule has 26 heavy (non-hydrogen) atoms. The van der Waals surface area contributed by atoms with Gasteiger partial charge in [0.25, 0.3) is 0 Å². The molecule has 6 heteroatoms. The van der Waals surface area contributed by atoms with Crippen LogP contribution in [0, 0.1) is 13.8 Å². The summed E-state index contributed by atoms with van der Waals surface area (Å²) in [5.74, 6) is 1.77. The number of piperazine rings is 1. The number of carbonyl (C=O) groups excluding carboxylic acids is 1. The van der Waals surface area contributed by atoms with E-state index in [1.165, 1.54) is 5.56 Å². The fourth-order valence-corrected chi connectivity index (χ4v) is 3.09. The van der Waals surface area contributed by atoms with E-state index in [0.717, 1.165) is 49.8 Å². The zero-order valence-electron chi connectivity index (χ0n) is 15.8. The van der Waals surface area contributed by atoms with E-state index in [0.29, 0.717) is 12.4 Å². The van der Waals surface area contributed by atoms with Crippen molar-refractivity contribution in [1.29, 1.82) is 0 Å². The van der Waals surface area contributed by atoms with Crippen LogP contribution in [0.2, 0.25) is 0 Å². The third-order valence-electron chi connectivity index (χ3n) is 4.57. The molecule has 0 atom stereocenters. The van der Waals surface area contributed by atoms with Crippen LogP contribution in [0.4, 0.5) is 17.5 Å². The number of anilines is 3. The van der Waals surface area contributed by atoms with Crippen LogP contribution in [0.1, 0.15) is 31.0 Å². The lowest BCUT2D eigenvalue weighted by Gasteiger charge is -2.35. The van der Waals surface area contributed by atoms with E-state index in [2.05, 4.69) is 39.2 Å². The molecule has 0 aliphatic carbocycles. The molecule has 2 heterocycles. The van der Waals surface area contributed by atoms with Gasteiger partial charge in [-0.3, -0.25) is 4.79 Å². The van der Waals surface area contributed by atoms with Gasteiger partial charge < -0.3 is 15.1 Å². The summed E-state index contributed by atoms with van der Waals surface area (Å²) in [4.78, 5) is 25.4. The molecule has 0 bridgehead atoms. The monoisotopic (exact) mass is 353 g/mol. The molecule has 1 fully saturated rings. The molecule has 0 saturated carbocycles. The second-order valence-electron chi connectivity index (χ2n) is 6.80. The molecule has 1 amide bonds. The second-order valence-corrected chi connectivity index (χ2v) is 6.80. The first-order chi connectivity index (χ1) is 12.5. The summed E-state index contributed by atoms with van der Waals surface area (Å²) in [5.41, 5.74) is 3.12. The Balaban J connectivity index is 1.68. The van der Waals surface area contributed by atoms with Gasteiger partial charge in [-0.15, -0.1) is 0 Å². The van der Waals surface area contributed by atoms with Crippen molar-refractivity contribution in [2.75, 3.05) is 36.4 Å². The number of aryl methyl sites for hydroxylation is 2. The van der Waals surface area contributed by atoms with Gasteiger partial charge in [-0.1, -0.05) is 24.6 Å². The molecule has 1 N–H and O–H groups in total. The Morgan fingerprint density at radius 1 is 1.08 bits per heavy atom. The van der Waals surface area contributed by atoms with Crippen LogP contribution < -0.4 is 10.2 Å². The van der Waals surface area contributed by atoms with Crippen LogP contribution in [0.15, 0.2) is 30.3 Å². The van der Waals surface area contributed by atoms with Crippen LogP contribution in [-0.2, 0) is 4.79 Å². The Morgan fingerprint density at radius 3 is 2.42 bits per heavy atom. The van der Waals surface area contributed by atoms with E-state index < -0.39 is 0 Å². The molecule has 0 unspecified atom stereocenters. The number of nitrogens with zero attached hydrogens (tertiary/aromatic N) is 4. The number of benzene rings is 1. The Hall–Kier alpha value is -2.63. The quantitative estimate of drug-likeness (QED) is 0.894. The summed E-state index contributed by atoms with van der Waals surface area (Å²) in [6.07, 6.45) is 1.54. The molecule has 6 nitrogen and oxygen atoms in total. The highest BCUT2D eigenvalue weighted by Crippen LogP contribution is 2.20. The molecule has 1 aromatic heterocycles. The zero-order chi connectivity index (χ0) is 18.5. The van der Waals surface area contributed by atoms with E-state index in [4.69, 9.17) is 0 Å². The Bertz CT molecular complexity index is 751. The fraction of sp³-hybridized carbons (Fsp3) is 0.450. The van der Waals surface area contributed by atoms with Gasteiger partial charge in [-0.2, -0.15) is 4.98 Å². The van der Waals surface area contributed by atoms with E-state index in [9.17, 15) is 4.79 Å². The average Bonchev–Trinajstić information content (AvgIpc) is 2.63. The highest BCUT2D eigenvalue weighted by atomic mass is 16.2. The summed E-state index contributed by atoms with van der Waals surface area (Å²) >= 11 is 0. The molecular weight excluding hydrogens is 326 g/mol. The van der Waals surface area contributed by atoms with Gasteiger partial charge in [-0.25, -0.2) is 4.98 Å². The van der Waals surface area contributed by atoms with Gasteiger partial charge >= 0.3 is 0 Å². The van der Waals surface area contributed by atoms with Gasteiger partial charge in [0.2, 0.25) is 11.9 Å². The Labute approximate surface area is 155 Å². The van der Waals surface area contributed by atoms with Gasteiger partial charge in [0.1, 0.15) is 5.82 Å². The summed E-state index contributed by atoms with van der Waals surface area (Å²) in [7, 11) is 0. The number of amides is 1. The van der Waals surface area contributed by atoms with Crippen molar-refractivity contribution < 1.29 is 4.79 Å². The molecule has 138 valence electrons. The van der Waals surface area contributed by atoms with Crippen molar-refractivity contribution >= 4 is 23.4 Å². The first-order valence-electron chi connectivity index (χ1n) is 9.27. The van der Waals surface area contributed by atoms with Crippen molar-refractivity contribution in [3.8, 4) is 0 Å². The van der Waals surface area contributed by atoms with Crippen molar-refractivity contribution in [3.63, 3.8) is 0 Å². The van der Waals surface area contributed by atoms with Crippen LogP contribution in [0.5, 0.6) is 0 Å². The summed E-state index contributed by atoms with van der Waals surface area (Å²) < 4.78 is 0. The number of carbonyl (C=O) groups is 1. The predicted molar refractivity (Wildman–Crippen MR) is 105 cm³/mol. The maximum absolute atomic E-state index is 12.0. The number of nitrogens with one attached hydrogen (secondary N) is 1. The summed E-state index contributed by atoms with van der Waals surface area (Å²) in [5, 5.41) is 3.28. The number of hydrogen-bond donors (Lipinski definition) is 1. The van der Waals surface area contributed by atoms with Gasteiger partial charge in [0, 0.05) is 50.0 Å². The topological polar surface area (TPSA) is 61.4 Å². The minimum absolute atomic E-state index is 0.257. The maximum Gasteiger partial charge on any atom is 0.229 e. The van der Waals surface area contributed by atoms with Crippen molar-refractivity contribution in [2.24, 2.45) is 0 Å². The van der Waals surface area contributed by atoms with E-state index in [1.807, 2.05) is 36.9 Å². The van der Waals surface area contributed by atoms with Crippen molar-refractivity contribution in [1.82, 2.24) is 14.9 Å². The third kappa shape index (κ3) is 4.50. The molecule has 1 aliphatic heterocycles. The third-order valence-corrected chi connectivity index (χ3v) is 4.57. The van der Waals surface area contributed by atoms with E-state index in [-0.39, 0.29) is 5.91 Å². The van der Waals surface area contributed by atoms with Gasteiger partial charge in [0.15, 0.2) is 0 Å². The minimum atomic E-state index is 0.257. The number of rotatable bonds is 5. The predicted octanol–water partition coefficient (Wildman–Crippen LogP) is 3.29. The average molecular weight is 353 g/mol. The fourth-order valence-electron chi connectivity index (χ4n) is 3.09. The largest absolute Gasteiger partial charge is 0.353 e. The second kappa shape index (κ2) is 8.17. The van der Waals surface area contributed by atoms with E-state index in [1.54, 1.807) is 0 Å². The molecule has 2 aromatic rings. The normalized spacial score (nSPS) is 14.4. The number of aromatic nitrogens is 2. The lowest BCUT2D eigenvalue weighted by molar-refractivity contribution is -0.131. The SMILES string of the molecule is CCCC(=O)N1CCN(c2cc(C)nc(Nc3ccc(C)cc3)n2)CC1. The van der Waals surface area contributed by atoms with E-state index >= 15 is 0 Å². The molecular formula is C20H27N5O. The van der Waals surface area contributed by atoms with Crippen molar-refractivity contribution in [2.45, 2.75) is 33.6 Å². The van der Waals surface area contributed by atoms with Crippen LogP contribution in [0.25, 0.3) is 0 Å². The summed E-state index contributed by atoms with van der Waals surface area (Å²) in [6, 6.07) is 10.2. The molecule has 1 aromatic carbocycles. The molecule has 0 spiro atoms. The zero-order valence-corrected chi connectivity index (χ0v) is 15.8. The molecule has 0 radical (unpaired) electrons. The van der Waals surface area contributed by atoms with Crippen LogP contribution >= 0.6 is 0 Å². The maximum atomic E-state index is 12.0. The lowest BCUT2D eigenvalue weighted by Crippen LogP contribution is -2.49. The lowest BCUT2D eigenvalue weighted by atomic mass is 10.2. The van der Waals surface area contributed by atoms with Crippen molar-refractivity contribution in [3.05, 3.63) is 41.6 Å². The first kappa shape index (κ1) is 18.2.